The number of hydrogen-bond acceptors (Lipinski definition) is 4. The molecule has 0 fully saturated rings. The van der Waals surface area contributed by atoms with Gasteiger partial charge in [0.25, 0.3) is 0 Å². The van der Waals surface area contributed by atoms with E-state index in [0.29, 0.717) is 12.4 Å². The quantitative estimate of drug-likeness (QED) is 0.644. The van der Waals surface area contributed by atoms with E-state index < -0.39 is 18.8 Å². The molecule has 4 nitrogen and oxygen atoms in total. The number of hydrazine groups is 1. The van der Waals surface area contributed by atoms with Gasteiger partial charge >= 0.3 is 6.18 Å². The third kappa shape index (κ3) is 3.84. The maximum atomic E-state index is 12.1. The zero-order chi connectivity index (χ0) is 14.6. The molecule has 1 aliphatic rings. The Morgan fingerprint density at radius 2 is 2.20 bits per heavy atom. The van der Waals surface area contributed by atoms with Crippen LogP contribution in [0, 0.1) is 0 Å². The average Bonchev–Trinajstić information content (AvgIpc) is 2.42. The molecule has 0 aliphatic carbocycles. The molecule has 0 amide bonds. The molecular weight excluding hydrogens is 273 g/mol. The highest BCUT2D eigenvalue weighted by molar-refractivity contribution is 5.44. The fourth-order valence-corrected chi connectivity index (χ4v) is 2.21. The Balaban J connectivity index is 2.07. The number of aryl methyl sites for hydroxylation is 1. The Morgan fingerprint density at radius 3 is 2.90 bits per heavy atom. The largest absolute Gasteiger partial charge is 0.493 e. The van der Waals surface area contributed by atoms with Crippen LogP contribution < -0.4 is 16.0 Å². The van der Waals surface area contributed by atoms with Crippen molar-refractivity contribution >= 4 is 0 Å². The smallest absolute Gasteiger partial charge is 0.411 e. The van der Waals surface area contributed by atoms with Gasteiger partial charge in [-0.3, -0.25) is 11.3 Å². The number of nitrogens with one attached hydrogen (secondary N) is 1. The minimum Gasteiger partial charge on any atom is -0.493 e. The van der Waals surface area contributed by atoms with Crippen molar-refractivity contribution in [2.75, 3.05) is 19.8 Å². The number of hydrogen-bond donors (Lipinski definition) is 2. The lowest BCUT2D eigenvalue weighted by Gasteiger charge is -2.25. The van der Waals surface area contributed by atoms with Gasteiger partial charge in [-0.05, 0) is 18.4 Å². The van der Waals surface area contributed by atoms with Crippen LogP contribution in [0.2, 0.25) is 0 Å². The first-order chi connectivity index (χ1) is 9.51. The lowest BCUT2D eigenvalue weighted by atomic mass is 9.98. The third-order valence-electron chi connectivity index (χ3n) is 3.09. The number of fused-ring (bicyclic) bond motifs is 1. The molecular formula is C13H17F3N2O2. The number of rotatable bonds is 5. The van der Waals surface area contributed by atoms with E-state index in [2.05, 4.69) is 10.2 Å². The molecule has 1 atom stereocenters. The van der Waals surface area contributed by atoms with Crippen molar-refractivity contribution in [1.29, 1.82) is 0 Å². The molecule has 3 N–H and O–H groups in total. The molecule has 0 aromatic heterocycles. The molecule has 1 aromatic rings. The van der Waals surface area contributed by atoms with E-state index in [1.165, 1.54) is 0 Å². The lowest BCUT2D eigenvalue weighted by molar-refractivity contribution is -0.175. The molecule has 1 aromatic carbocycles. The summed E-state index contributed by atoms with van der Waals surface area (Å²) >= 11 is 0. The second kappa shape index (κ2) is 6.43. The number of benzene rings is 1. The standard InChI is InChI=1S/C13H17F3N2O2/c14-13(15,16)8-19-7-11(18-17)10-5-1-3-9-4-2-6-20-12(9)10/h1,3,5,11,18H,2,4,6-8,17H2. The van der Waals surface area contributed by atoms with Gasteiger partial charge < -0.3 is 9.47 Å². The Labute approximate surface area is 115 Å². The van der Waals surface area contributed by atoms with Crippen molar-refractivity contribution in [3.05, 3.63) is 29.3 Å². The molecule has 2 rings (SSSR count). The van der Waals surface area contributed by atoms with E-state index in [0.717, 1.165) is 24.0 Å². The van der Waals surface area contributed by atoms with Crippen LogP contribution >= 0.6 is 0 Å². The van der Waals surface area contributed by atoms with Gasteiger partial charge in [0, 0.05) is 5.56 Å². The maximum Gasteiger partial charge on any atom is 0.411 e. The summed E-state index contributed by atoms with van der Waals surface area (Å²) in [4.78, 5) is 0. The van der Waals surface area contributed by atoms with Gasteiger partial charge in [-0.2, -0.15) is 13.2 Å². The van der Waals surface area contributed by atoms with Crippen LogP contribution in [0.25, 0.3) is 0 Å². The highest BCUT2D eigenvalue weighted by Crippen LogP contribution is 2.33. The minimum absolute atomic E-state index is 0.171. The van der Waals surface area contributed by atoms with Gasteiger partial charge in [-0.25, -0.2) is 0 Å². The van der Waals surface area contributed by atoms with Crippen molar-refractivity contribution in [3.63, 3.8) is 0 Å². The Morgan fingerprint density at radius 1 is 1.40 bits per heavy atom. The fourth-order valence-electron chi connectivity index (χ4n) is 2.21. The summed E-state index contributed by atoms with van der Waals surface area (Å²) in [6.45, 7) is -0.860. The molecule has 112 valence electrons. The lowest BCUT2D eigenvalue weighted by Crippen LogP contribution is -2.33. The molecule has 1 unspecified atom stereocenters. The fraction of sp³-hybridized carbons (Fsp3) is 0.538. The summed E-state index contributed by atoms with van der Waals surface area (Å²) < 4.78 is 46.5. The van der Waals surface area contributed by atoms with Gasteiger partial charge in [0.1, 0.15) is 12.4 Å². The number of nitrogens with two attached hydrogens (primary N) is 1. The predicted molar refractivity (Wildman–Crippen MR) is 67.2 cm³/mol. The number of halogens is 3. The van der Waals surface area contributed by atoms with Crippen LogP contribution in [-0.2, 0) is 11.2 Å². The van der Waals surface area contributed by atoms with Crippen molar-refractivity contribution < 1.29 is 22.6 Å². The highest BCUT2D eigenvalue weighted by Gasteiger charge is 2.28. The third-order valence-corrected chi connectivity index (χ3v) is 3.09. The minimum atomic E-state index is -4.34. The Kier molecular flexibility index (Phi) is 4.85. The molecule has 0 saturated carbocycles. The molecule has 0 radical (unpaired) electrons. The summed E-state index contributed by atoms with van der Waals surface area (Å²) in [5, 5.41) is 0. The van der Waals surface area contributed by atoms with E-state index in [9.17, 15) is 13.2 Å². The zero-order valence-corrected chi connectivity index (χ0v) is 10.9. The topological polar surface area (TPSA) is 56.5 Å². The summed E-state index contributed by atoms with van der Waals surface area (Å²) in [6, 6.07) is 5.04. The van der Waals surface area contributed by atoms with Crippen LogP contribution in [0.1, 0.15) is 23.6 Å². The van der Waals surface area contributed by atoms with Crippen molar-refractivity contribution in [2.45, 2.75) is 25.1 Å². The molecule has 1 aliphatic heterocycles. The summed E-state index contributed by atoms with van der Waals surface area (Å²) in [5.41, 5.74) is 4.26. The van der Waals surface area contributed by atoms with Gasteiger partial charge in [0.15, 0.2) is 0 Å². The van der Waals surface area contributed by atoms with E-state index >= 15 is 0 Å². The van der Waals surface area contributed by atoms with Crippen LogP contribution in [0.3, 0.4) is 0 Å². The number of ether oxygens (including phenoxy) is 2. The van der Waals surface area contributed by atoms with E-state index in [1.807, 2.05) is 12.1 Å². The highest BCUT2D eigenvalue weighted by atomic mass is 19.4. The molecule has 0 spiro atoms. The van der Waals surface area contributed by atoms with E-state index in [4.69, 9.17) is 10.6 Å². The first-order valence-electron chi connectivity index (χ1n) is 6.36. The van der Waals surface area contributed by atoms with Crippen molar-refractivity contribution in [1.82, 2.24) is 5.43 Å². The second-order valence-electron chi connectivity index (χ2n) is 4.64. The first-order valence-corrected chi connectivity index (χ1v) is 6.36. The predicted octanol–water partition coefficient (Wildman–Crippen LogP) is 2.09. The zero-order valence-electron chi connectivity index (χ0n) is 10.9. The summed E-state index contributed by atoms with van der Waals surface area (Å²) in [5.74, 6) is 6.13. The molecule has 0 bridgehead atoms. The van der Waals surface area contributed by atoms with Gasteiger partial charge in [0.05, 0.1) is 19.3 Å². The number of para-hydroxylation sites is 1. The molecule has 0 saturated heterocycles. The molecule has 20 heavy (non-hydrogen) atoms. The Bertz CT molecular complexity index is 452. The average molecular weight is 290 g/mol. The Hall–Kier alpha value is -1.31. The molecule has 1 heterocycles. The van der Waals surface area contributed by atoms with Crippen molar-refractivity contribution in [3.8, 4) is 5.75 Å². The first kappa shape index (κ1) is 15.1. The van der Waals surface area contributed by atoms with Gasteiger partial charge in [-0.1, -0.05) is 18.2 Å². The SMILES string of the molecule is NNC(COCC(F)(F)F)c1cccc2c1OCCC2. The van der Waals surface area contributed by atoms with Crippen LogP contribution in [0.4, 0.5) is 13.2 Å². The number of alkyl halides is 3. The second-order valence-corrected chi connectivity index (χ2v) is 4.64. The summed E-state index contributed by atoms with van der Waals surface area (Å²) in [7, 11) is 0. The van der Waals surface area contributed by atoms with E-state index in [-0.39, 0.29) is 6.61 Å². The van der Waals surface area contributed by atoms with Gasteiger partial charge in [-0.15, -0.1) is 0 Å². The monoisotopic (exact) mass is 290 g/mol. The van der Waals surface area contributed by atoms with E-state index in [1.54, 1.807) is 6.07 Å². The van der Waals surface area contributed by atoms with Crippen molar-refractivity contribution in [2.24, 2.45) is 5.84 Å². The maximum absolute atomic E-state index is 12.1. The van der Waals surface area contributed by atoms with Crippen LogP contribution in [-0.4, -0.2) is 26.0 Å². The molecule has 7 heteroatoms. The van der Waals surface area contributed by atoms with Gasteiger partial charge in [0.2, 0.25) is 0 Å². The van der Waals surface area contributed by atoms with Crippen LogP contribution in [0.15, 0.2) is 18.2 Å². The summed E-state index contributed by atoms with van der Waals surface area (Å²) in [6.07, 6.45) is -2.52. The normalized spacial score (nSPS) is 16.4. The van der Waals surface area contributed by atoms with Crippen LogP contribution in [0.5, 0.6) is 5.75 Å².